The highest BCUT2D eigenvalue weighted by atomic mass is 15.4. The molecule has 0 aliphatic carbocycles. The standard InChI is InChI=1S/C12H23N5/c1-9(2)12-8-17(10(3)5-13-12)7-11-6-16(4)15-14-11/h6,9-10,12-13H,5,7-8H2,1-4H3. The number of aryl methyl sites for hydroxylation is 1. The van der Waals surface area contributed by atoms with Crippen molar-refractivity contribution in [2.75, 3.05) is 13.1 Å². The normalized spacial score (nSPS) is 26.6. The SMILES string of the molecule is CC(C)C1CN(Cc2cn(C)nn2)C(C)CN1. The highest BCUT2D eigenvalue weighted by Gasteiger charge is 2.27. The molecule has 0 saturated carbocycles. The van der Waals surface area contributed by atoms with Gasteiger partial charge in [-0.3, -0.25) is 9.58 Å². The molecule has 5 heteroatoms. The van der Waals surface area contributed by atoms with Gasteiger partial charge in [-0.2, -0.15) is 0 Å². The molecule has 0 amide bonds. The van der Waals surface area contributed by atoms with E-state index in [2.05, 4.69) is 41.3 Å². The highest BCUT2D eigenvalue weighted by Crippen LogP contribution is 2.14. The minimum absolute atomic E-state index is 0.562. The van der Waals surface area contributed by atoms with E-state index in [-0.39, 0.29) is 0 Å². The average Bonchev–Trinajstić information content (AvgIpc) is 2.67. The zero-order valence-corrected chi connectivity index (χ0v) is 11.2. The molecule has 1 fully saturated rings. The predicted molar refractivity (Wildman–Crippen MR) is 67.5 cm³/mol. The average molecular weight is 237 g/mol. The Morgan fingerprint density at radius 2 is 2.29 bits per heavy atom. The van der Waals surface area contributed by atoms with Crippen molar-refractivity contribution in [2.45, 2.75) is 39.4 Å². The molecule has 2 heterocycles. The first-order valence-corrected chi connectivity index (χ1v) is 6.39. The van der Waals surface area contributed by atoms with Crippen molar-refractivity contribution >= 4 is 0 Å². The summed E-state index contributed by atoms with van der Waals surface area (Å²) in [6.07, 6.45) is 2.00. The van der Waals surface area contributed by atoms with Gasteiger partial charge in [-0.1, -0.05) is 19.1 Å². The van der Waals surface area contributed by atoms with Crippen molar-refractivity contribution in [1.29, 1.82) is 0 Å². The number of aromatic nitrogens is 3. The van der Waals surface area contributed by atoms with Gasteiger partial charge in [0.15, 0.2) is 0 Å². The van der Waals surface area contributed by atoms with Gasteiger partial charge in [0.1, 0.15) is 0 Å². The number of hydrogen-bond donors (Lipinski definition) is 1. The maximum Gasteiger partial charge on any atom is 0.0967 e. The summed E-state index contributed by atoms with van der Waals surface area (Å²) in [4.78, 5) is 2.49. The Bertz CT molecular complexity index is 360. The van der Waals surface area contributed by atoms with Gasteiger partial charge in [-0.25, -0.2) is 0 Å². The van der Waals surface area contributed by atoms with Crippen LogP contribution in [0.5, 0.6) is 0 Å². The van der Waals surface area contributed by atoms with Crippen molar-refractivity contribution in [2.24, 2.45) is 13.0 Å². The second kappa shape index (κ2) is 5.14. The largest absolute Gasteiger partial charge is 0.311 e. The number of nitrogens with one attached hydrogen (secondary N) is 1. The number of rotatable bonds is 3. The maximum atomic E-state index is 4.17. The van der Waals surface area contributed by atoms with Crippen molar-refractivity contribution in [3.8, 4) is 0 Å². The van der Waals surface area contributed by atoms with Gasteiger partial charge in [0.25, 0.3) is 0 Å². The predicted octanol–water partition coefficient (Wildman–Crippen LogP) is 0.633. The molecule has 1 aromatic heterocycles. The molecular weight excluding hydrogens is 214 g/mol. The Morgan fingerprint density at radius 1 is 1.53 bits per heavy atom. The van der Waals surface area contributed by atoms with Crippen LogP contribution in [0.25, 0.3) is 0 Å². The molecule has 1 aliphatic heterocycles. The highest BCUT2D eigenvalue weighted by molar-refractivity contribution is 4.95. The summed E-state index contributed by atoms with van der Waals surface area (Å²) in [5, 5.41) is 11.8. The van der Waals surface area contributed by atoms with Crippen LogP contribution in [0.4, 0.5) is 0 Å². The molecule has 1 saturated heterocycles. The fourth-order valence-electron chi connectivity index (χ4n) is 2.29. The van der Waals surface area contributed by atoms with Gasteiger partial charge in [0, 0.05) is 45.0 Å². The van der Waals surface area contributed by atoms with E-state index in [1.807, 2.05) is 13.2 Å². The van der Waals surface area contributed by atoms with Crippen molar-refractivity contribution in [3.05, 3.63) is 11.9 Å². The van der Waals surface area contributed by atoms with Gasteiger partial charge in [-0.15, -0.1) is 5.10 Å². The topological polar surface area (TPSA) is 46.0 Å². The van der Waals surface area contributed by atoms with E-state index in [0.717, 1.165) is 25.3 Å². The fourth-order valence-corrected chi connectivity index (χ4v) is 2.29. The Balaban J connectivity index is 1.98. The van der Waals surface area contributed by atoms with Crippen LogP contribution in [-0.2, 0) is 13.6 Å². The Morgan fingerprint density at radius 3 is 2.88 bits per heavy atom. The number of hydrogen-bond acceptors (Lipinski definition) is 4. The molecule has 17 heavy (non-hydrogen) atoms. The molecular formula is C12H23N5. The van der Waals surface area contributed by atoms with Crippen LogP contribution in [0.2, 0.25) is 0 Å². The summed E-state index contributed by atoms with van der Waals surface area (Å²) in [7, 11) is 1.91. The maximum absolute atomic E-state index is 4.17. The molecule has 2 rings (SSSR count). The zero-order valence-electron chi connectivity index (χ0n) is 11.2. The van der Waals surface area contributed by atoms with E-state index < -0.39 is 0 Å². The first kappa shape index (κ1) is 12.5. The van der Waals surface area contributed by atoms with Gasteiger partial charge in [-0.05, 0) is 12.8 Å². The third-order valence-electron chi connectivity index (χ3n) is 3.55. The molecule has 5 nitrogen and oxygen atoms in total. The third kappa shape index (κ3) is 3.04. The van der Waals surface area contributed by atoms with Crippen molar-refractivity contribution < 1.29 is 0 Å². The lowest BCUT2D eigenvalue weighted by atomic mass is 10.00. The molecule has 0 spiro atoms. The van der Waals surface area contributed by atoms with Gasteiger partial charge >= 0.3 is 0 Å². The van der Waals surface area contributed by atoms with Crippen LogP contribution in [0.1, 0.15) is 26.5 Å². The molecule has 0 radical (unpaired) electrons. The summed E-state index contributed by atoms with van der Waals surface area (Å²) >= 11 is 0. The molecule has 1 N–H and O–H groups in total. The summed E-state index contributed by atoms with van der Waals surface area (Å²) in [6.45, 7) is 9.86. The first-order chi connectivity index (χ1) is 8.06. The number of nitrogens with zero attached hydrogens (tertiary/aromatic N) is 4. The van der Waals surface area contributed by atoms with E-state index in [4.69, 9.17) is 0 Å². The summed E-state index contributed by atoms with van der Waals surface area (Å²) in [6, 6.07) is 1.15. The molecule has 0 bridgehead atoms. The fraction of sp³-hybridized carbons (Fsp3) is 0.833. The third-order valence-corrected chi connectivity index (χ3v) is 3.55. The summed E-state index contributed by atoms with van der Waals surface area (Å²) in [5.74, 6) is 0.673. The van der Waals surface area contributed by atoms with Crippen LogP contribution in [-0.4, -0.2) is 45.1 Å². The lowest BCUT2D eigenvalue weighted by Gasteiger charge is -2.40. The van der Waals surface area contributed by atoms with Crippen molar-refractivity contribution in [1.82, 2.24) is 25.2 Å². The molecule has 0 aromatic carbocycles. The monoisotopic (exact) mass is 237 g/mol. The van der Waals surface area contributed by atoms with Crippen LogP contribution in [0.15, 0.2) is 6.20 Å². The molecule has 1 aliphatic rings. The minimum atomic E-state index is 0.562. The quantitative estimate of drug-likeness (QED) is 0.838. The van der Waals surface area contributed by atoms with E-state index in [1.165, 1.54) is 0 Å². The van der Waals surface area contributed by atoms with Crippen LogP contribution in [0.3, 0.4) is 0 Å². The van der Waals surface area contributed by atoms with Crippen LogP contribution < -0.4 is 5.32 Å². The van der Waals surface area contributed by atoms with E-state index in [1.54, 1.807) is 4.68 Å². The van der Waals surface area contributed by atoms with Crippen LogP contribution in [0, 0.1) is 5.92 Å². The second-order valence-corrected chi connectivity index (χ2v) is 5.42. The summed E-state index contributed by atoms with van der Waals surface area (Å²) in [5.41, 5.74) is 1.06. The van der Waals surface area contributed by atoms with Gasteiger partial charge < -0.3 is 5.32 Å². The Labute approximate surface area is 103 Å². The summed E-state index contributed by atoms with van der Waals surface area (Å²) < 4.78 is 1.77. The van der Waals surface area contributed by atoms with Crippen LogP contribution >= 0.6 is 0 Å². The molecule has 1 aromatic rings. The van der Waals surface area contributed by atoms with E-state index >= 15 is 0 Å². The van der Waals surface area contributed by atoms with Gasteiger partial charge in [0.05, 0.1) is 5.69 Å². The zero-order chi connectivity index (χ0) is 12.4. The molecule has 2 atom stereocenters. The second-order valence-electron chi connectivity index (χ2n) is 5.42. The Kier molecular flexibility index (Phi) is 3.79. The van der Waals surface area contributed by atoms with E-state index in [0.29, 0.717) is 18.0 Å². The molecule has 2 unspecified atom stereocenters. The minimum Gasteiger partial charge on any atom is -0.311 e. The lowest BCUT2D eigenvalue weighted by molar-refractivity contribution is 0.115. The van der Waals surface area contributed by atoms with Gasteiger partial charge in [0.2, 0.25) is 0 Å². The number of piperazine rings is 1. The first-order valence-electron chi connectivity index (χ1n) is 6.39. The lowest BCUT2D eigenvalue weighted by Crippen LogP contribution is -2.56. The van der Waals surface area contributed by atoms with Crippen molar-refractivity contribution in [3.63, 3.8) is 0 Å². The van der Waals surface area contributed by atoms with E-state index in [9.17, 15) is 0 Å². The smallest absolute Gasteiger partial charge is 0.0967 e. The Hall–Kier alpha value is -0.940. The molecule has 96 valence electrons.